The number of carbonyl (C=O) groups is 2. The van der Waals surface area contributed by atoms with Crippen LogP contribution in [0.2, 0.25) is 0 Å². The van der Waals surface area contributed by atoms with Gasteiger partial charge in [0.1, 0.15) is 11.5 Å². The van der Waals surface area contributed by atoms with Crippen LogP contribution in [0, 0.1) is 0 Å². The second-order valence-corrected chi connectivity index (χ2v) is 7.29. The standard InChI is InChI=1S/C24H23N3O4/c1-31-19-10-8-17(9-11-19)21-20(22(28)18-6-3-2-4-7-18)23(29)24(30)27(21)14-5-13-26-15-12-25-16-26/h2-4,6-12,15-16,21,28H,5,13-14H2,1H3/t21-/m0/s1. The van der Waals surface area contributed by atoms with Crippen LogP contribution < -0.4 is 4.74 Å². The Labute approximate surface area is 180 Å². The van der Waals surface area contributed by atoms with Crippen molar-refractivity contribution < 1.29 is 19.4 Å². The molecule has 1 aliphatic heterocycles. The Morgan fingerprint density at radius 2 is 1.81 bits per heavy atom. The van der Waals surface area contributed by atoms with Gasteiger partial charge in [0.05, 0.1) is 25.1 Å². The number of aromatic nitrogens is 2. The summed E-state index contributed by atoms with van der Waals surface area (Å²) in [6.07, 6.45) is 5.90. The predicted octanol–water partition coefficient (Wildman–Crippen LogP) is 3.40. The third-order valence-corrected chi connectivity index (χ3v) is 5.39. The van der Waals surface area contributed by atoms with Gasteiger partial charge in [-0.25, -0.2) is 4.98 Å². The average Bonchev–Trinajstić information content (AvgIpc) is 3.41. The number of ketones is 1. The van der Waals surface area contributed by atoms with Crippen molar-refractivity contribution in [1.29, 1.82) is 0 Å². The number of aliphatic hydroxyl groups excluding tert-OH is 1. The highest BCUT2D eigenvalue weighted by molar-refractivity contribution is 6.46. The molecule has 1 saturated heterocycles. The van der Waals surface area contributed by atoms with Gasteiger partial charge in [-0.3, -0.25) is 9.59 Å². The van der Waals surface area contributed by atoms with E-state index in [0.717, 1.165) is 5.56 Å². The van der Waals surface area contributed by atoms with Crippen LogP contribution in [0.5, 0.6) is 5.75 Å². The summed E-state index contributed by atoms with van der Waals surface area (Å²) in [7, 11) is 1.58. The summed E-state index contributed by atoms with van der Waals surface area (Å²) in [6.45, 7) is 1.03. The maximum absolute atomic E-state index is 13.0. The first-order valence-corrected chi connectivity index (χ1v) is 10.0. The van der Waals surface area contributed by atoms with Crippen molar-refractivity contribution in [2.24, 2.45) is 0 Å². The summed E-state index contributed by atoms with van der Waals surface area (Å²) in [5.41, 5.74) is 1.33. The zero-order valence-electron chi connectivity index (χ0n) is 17.1. The highest BCUT2D eigenvalue weighted by Crippen LogP contribution is 2.39. The summed E-state index contributed by atoms with van der Waals surface area (Å²) in [4.78, 5) is 31.5. The zero-order valence-corrected chi connectivity index (χ0v) is 17.1. The number of imidazole rings is 1. The number of rotatable bonds is 7. The van der Waals surface area contributed by atoms with Crippen molar-refractivity contribution in [2.75, 3.05) is 13.7 Å². The lowest BCUT2D eigenvalue weighted by molar-refractivity contribution is -0.139. The van der Waals surface area contributed by atoms with Crippen LogP contribution in [0.15, 0.2) is 78.9 Å². The minimum Gasteiger partial charge on any atom is -0.507 e. The largest absolute Gasteiger partial charge is 0.507 e. The molecule has 0 spiro atoms. The number of aliphatic hydroxyl groups is 1. The number of hydrogen-bond acceptors (Lipinski definition) is 5. The van der Waals surface area contributed by atoms with Crippen LogP contribution in [0.1, 0.15) is 23.6 Å². The van der Waals surface area contributed by atoms with Crippen molar-refractivity contribution >= 4 is 17.4 Å². The number of likely N-dealkylation sites (tertiary alicyclic amines) is 1. The van der Waals surface area contributed by atoms with E-state index in [2.05, 4.69) is 4.98 Å². The first-order chi connectivity index (χ1) is 15.1. The molecule has 1 N–H and O–H groups in total. The Morgan fingerprint density at radius 1 is 1.06 bits per heavy atom. The van der Waals surface area contributed by atoms with Gasteiger partial charge in [-0.1, -0.05) is 42.5 Å². The van der Waals surface area contributed by atoms with Crippen LogP contribution in [0.25, 0.3) is 5.76 Å². The number of ether oxygens (including phenoxy) is 1. The summed E-state index contributed by atoms with van der Waals surface area (Å²) in [6, 6.07) is 15.3. The van der Waals surface area contributed by atoms with Crippen LogP contribution in [0.4, 0.5) is 0 Å². The van der Waals surface area contributed by atoms with Crippen LogP contribution >= 0.6 is 0 Å². The van der Waals surface area contributed by atoms with Gasteiger partial charge >= 0.3 is 0 Å². The van der Waals surface area contributed by atoms with E-state index in [1.807, 2.05) is 29.0 Å². The van der Waals surface area contributed by atoms with E-state index >= 15 is 0 Å². The quantitative estimate of drug-likeness (QED) is 0.362. The molecule has 0 bridgehead atoms. The van der Waals surface area contributed by atoms with Crippen LogP contribution in [0.3, 0.4) is 0 Å². The number of benzene rings is 2. The number of hydrogen-bond donors (Lipinski definition) is 1. The van der Waals surface area contributed by atoms with Gasteiger partial charge in [0.25, 0.3) is 11.7 Å². The van der Waals surface area contributed by atoms with Gasteiger partial charge in [-0.15, -0.1) is 0 Å². The molecule has 3 aromatic rings. The lowest BCUT2D eigenvalue weighted by Gasteiger charge is -2.25. The van der Waals surface area contributed by atoms with Gasteiger partial charge in [0.15, 0.2) is 0 Å². The molecule has 2 heterocycles. The van der Waals surface area contributed by atoms with Gasteiger partial charge in [-0.05, 0) is 24.1 Å². The minimum absolute atomic E-state index is 0.101. The Morgan fingerprint density at radius 3 is 2.45 bits per heavy atom. The van der Waals surface area contributed by atoms with Crippen molar-refractivity contribution in [2.45, 2.75) is 19.0 Å². The summed E-state index contributed by atoms with van der Waals surface area (Å²) >= 11 is 0. The van der Waals surface area contributed by atoms with Gasteiger partial charge in [0.2, 0.25) is 0 Å². The third-order valence-electron chi connectivity index (χ3n) is 5.39. The first-order valence-electron chi connectivity index (χ1n) is 10.0. The molecule has 7 heteroatoms. The molecule has 158 valence electrons. The predicted molar refractivity (Wildman–Crippen MR) is 115 cm³/mol. The molecule has 31 heavy (non-hydrogen) atoms. The average molecular weight is 417 g/mol. The second kappa shape index (κ2) is 8.87. The fourth-order valence-electron chi connectivity index (χ4n) is 3.84. The summed E-state index contributed by atoms with van der Waals surface area (Å²) < 4.78 is 7.15. The number of carbonyl (C=O) groups excluding carboxylic acids is 2. The van der Waals surface area contributed by atoms with Gasteiger partial charge in [0, 0.05) is 31.0 Å². The van der Waals surface area contributed by atoms with E-state index in [0.29, 0.717) is 30.8 Å². The van der Waals surface area contributed by atoms with Crippen LogP contribution in [-0.2, 0) is 16.1 Å². The van der Waals surface area contributed by atoms with E-state index < -0.39 is 17.7 Å². The van der Waals surface area contributed by atoms with E-state index in [-0.39, 0.29) is 11.3 Å². The SMILES string of the molecule is COc1ccc([C@H]2C(=C(O)c3ccccc3)C(=O)C(=O)N2CCCn2ccnc2)cc1. The van der Waals surface area contributed by atoms with Gasteiger partial charge < -0.3 is 19.3 Å². The Bertz CT molecular complexity index is 1090. The normalized spacial score (nSPS) is 17.8. The van der Waals surface area contributed by atoms with E-state index in [9.17, 15) is 14.7 Å². The highest BCUT2D eigenvalue weighted by atomic mass is 16.5. The monoisotopic (exact) mass is 417 g/mol. The molecule has 4 rings (SSSR count). The Balaban J connectivity index is 1.72. The van der Waals surface area contributed by atoms with Crippen molar-refractivity contribution in [3.63, 3.8) is 0 Å². The topological polar surface area (TPSA) is 84.7 Å². The number of methoxy groups -OCH3 is 1. The Kier molecular flexibility index (Phi) is 5.84. The number of nitrogens with zero attached hydrogens (tertiary/aromatic N) is 3. The third kappa shape index (κ3) is 4.07. The highest BCUT2D eigenvalue weighted by Gasteiger charge is 2.45. The fourth-order valence-corrected chi connectivity index (χ4v) is 3.84. The molecule has 0 saturated carbocycles. The summed E-state index contributed by atoms with van der Waals surface area (Å²) in [5, 5.41) is 11.0. The lowest BCUT2D eigenvalue weighted by Crippen LogP contribution is -2.31. The molecule has 2 aromatic carbocycles. The van der Waals surface area contributed by atoms with Crippen molar-refractivity contribution in [3.8, 4) is 5.75 Å². The molecule has 0 aliphatic carbocycles. The number of Topliss-reactive ketones (excluding diaryl/α,β-unsaturated/α-hetero) is 1. The maximum Gasteiger partial charge on any atom is 0.295 e. The fraction of sp³-hybridized carbons (Fsp3) is 0.208. The molecule has 1 amide bonds. The molecule has 7 nitrogen and oxygen atoms in total. The van der Waals surface area contributed by atoms with Crippen molar-refractivity contribution in [3.05, 3.63) is 90.0 Å². The van der Waals surface area contributed by atoms with E-state index in [4.69, 9.17) is 4.74 Å². The first kappa shape index (κ1) is 20.4. The molecule has 1 atom stereocenters. The Hall–Kier alpha value is -3.87. The second-order valence-electron chi connectivity index (χ2n) is 7.29. The minimum atomic E-state index is -0.676. The molecule has 1 aliphatic rings. The molecular formula is C24H23N3O4. The maximum atomic E-state index is 13.0. The van der Waals surface area contributed by atoms with E-state index in [1.54, 1.807) is 56.0 Å². The lowest BCUT2D eigenvalue weighted by atomic mass is 9.95. The van der Waals surface area contributed by atoms with Crippen LogP contribution in [-0.4, -0.2) is 44.9 Å². The molecule has 1 aromatic heterocycles. The zero-order chi connectivity index (χ0) is 21.8. The van der Waals surface area contributed by atoms with Crippen molar-refractivity contribution in [1.82, 2.24) is 14.5 Å². The van der Waals surface area contributed by atoms with E-state index in [1.165, 1.54) is 4.90 Å². The number of amides is 1. The molecule has 1 fully saturated rings. The molecule has 0 unspecified atom stereocenters. The summed E-state index contributed by atoms with van der Waals surface area (Å²) in [5.74, 6) is -0.783. The van der Waals surface area contributed by atoms with Gasteiger partial charge in [-0.2, -0.15) is 0 Å². The smallest absolute Gasteiger partial charge is 0.295 e. The number of aryl methyl sites for hydroxylation is 1. The molecule has 0 radical (unpaired) electrons. The molecular weight excluding hydrogens is 394 g/mol.